The van der Waals surface area contributed by atoms with E-state index in [0.717, 1.165) is 38.5 Å². The summed E-state index contributed by atoms with van der Waals surface area (Å²) < 4.78 is 26.3. The molecule has 1 aromatic carbocycles. The van der Waals surface area contributed by atoms with Crippen molar-refractivity contribution in [3.63, 3.8) is 0 Å². The fourth-order valence-electron chi connectivity index (χ4n) is 3.02. The van der Waals surface area contributed by atoms with Crippen LogP contribution in [0.4, 0.5) is 8.78 Å². The number of hydrogen-bond acceptors (Lipinski definition) is 3. The summed E-state index contributed by atoms with van der Waals surface area (Å²) in [7, 11) is 2.14. The number of rotatable bonds is 4. The van der Waals surface area contributed by atoms with Crippen LogP contribution < -0.4 is 5.73 Å². The van der Waals surface area contributed by atoms with Crippen LogP contribution >= 0.6 is 0 Å². The SMILES string of the molecule is CCC1CN(C)CCCN1CC(N)c1ccc(F)c(F)c1. The molecule has 3 nitrogen and oxygen atoms in total. The Morgan fingerprint density at radius 3 is 2.71 bits per heavy atom. The minimum Gasteiger partial charge on any atom is -0.323 e. The van der Waals surface area contributed by atoms with E-state index in [9.17, 15) is 8.78 Å². The van der Waals surface area contributed by atoms with Gasteiger partial charge in [-0.3, -0.25) is 4.90 Å². The molecular formula is C16H25F2N3. The van der Waals surface area contributed by atoms with Crippen molar-refractivity contribution in [3.05, 3.63) is 35.4 Å². The van der Waals surface area contributed by atoms with Gasteiger partial charge in [0, 0.05) is 25.2 Å². The van der Waals surface area contributed by atoms with Gasteiger partial charge in [0.1, 0.15) is 0 Å². The monoisotopic (exact) mass is 297 g/mol. The first kappa shape index (κ1) is 16.3. The van der Waals surface area contributed by atoms with E-state index in [1.165, 1.54) is 6.07 Å². The van der Waals surface area contributed by atoms with Crippen LogP contribution in [-0.4, -0.2) is 49.1 Å². The lowest BCUT2D eigenvalue weighted by molar-refractivity contribution is 0.174. The highest BCUT2D eigenvalue weighted by Crippen LogP contribution is 2.19. The van der Waals surface area contributed by atoms with Crippen LogP contribution in [0, 0.1) is 11.6 Å². The van der Waals surface area contributed by atoms with Gasteiger partial charge in [0.15, 0.2) is 11.6 Å². The summed E-state index contributed by atoms with van der Waals surface area (Å²) in [6, 6.07) is 4.11. The van der Waals surface area contributed by atoms with Gasteiger partial charge in [-0.05, 0) is 50.7 Å². The van der Waals surface area contributed by atoms with Crippen LogP contribution in [-0.2, 0) is 0 Å². The van der Waals surface area contributed by atoms with Gasteiger partial charge in [-0.1, -0.05) is 13.0 Å². The van der Waals surface area contributed by atoms with Crippen molar-refractivity contribution < 1.29 is 8.78 Å². The molecule has 1 fully saturated rings. The van der Waals surface area contributed by atoms with Gasteiger partial charge in [0.2, 0.25) is 0 Å². The predicted molar refractivity (Wildman–Crippen MR) is 81.1 cm³/mol. The molecule has 1 heterocycles. The third-order valence-electron chi connectivity index (χ3n) is 4.30. The van der Waals surface area contributed by atoms with Crippen molar-refractivity contribution in [3.8, 4) is 0 Å². The van der Waals surface area contributed by atoms with Gasteiger partial charge in [-0.25, -0.2) is 8.78 Å². The summed E-state index contributed by atoms with van der Waals surface area (Å²) in [6.07, 6.45) is 2.17. The standard InChI is InChI=1S/C16H25F2N3/c1-3-13-10-20(2)7-4-8-21(13)11-16(19)12-5-6-14(17)15(18)9-12/h5-6,9,13,16H,3-4,7-8,10-11,19H2,1-2H3. The van der Waals surface area contributed by atoms with Crippen molar-refractivity contribution in [1.82, 2.24) is 9.80 Å². The highest BCUT2D eigenvalue weighted by atomic mass is 19.2. The highest BCUT2D eigenvalue weighted by molar-refractivity contribution is 5.21. The third kappa shape index (κ3) is 4.22. The molecule has 5 heteroatoms. The van der Waals surface area contributed by atoms with Crippen LogP contribution in [0.25, 0.3) is 0 Å². The van der Waals surface area contributed by atoms with E-state index in [4.69, 9.17) is 5.73 Å². The van der Waals surface area contributed by atoms with Crippen LogP contribution in [0.1, 0.15) is 31.4 Å². The number of benzene rings is 1. The fraction of sp³-hybridized carbons (Fsp3) is 0.625. The van der Waals surface area contributed by atoms with E-state index in [0.29, 0.717) is 18.2 Å². The molecule has 21 heavy (non-hydrogen) atoms. The number of hydrogen-bond donors (Lipinski definition) is 1. The summed E-state index contributed by atoms with van der Waals surface area (Å²) in [5.74, 6) is -1.65. The van der Waals surface area contributed by atoms with Crippen molar-refractivity contribution in [2.24, 2.45) is 5.73 Å². The van der Waals surface area contributed by atoms with Crippen LogP contribution in [0.5, 0.6) is 0 Å². The molecule has 0 aliphatic carbocycles. The Balaban J connectivity index is 2.05. The predicted octanol–water partition coefficient (Wildman–Crippen LogP) is 2.38. The van der Waals surface area contributed by atoms with Crippen molar-refractivity contribution in [2.45, 2.75) is 31.8 Å². The number of likely N-dealkylation sites (N-methyl/N-ethyl adjacent to an activating group) is 1. The molecule has 1 aliphatic heterocycles. The molecule has 0 saturated carbocycles. The maximum absolute atomic E-state index is 13.3. The molecule has 1 saturated heterocycles. The number of nitrogens with zero attached hydrogens (tertiary/aromatic N) is 2. The van der Waals surface area contributed by atoms with E-state index in [2.05, 4.69) is 23.8 Å². The maximum atomic E-state index is 13.3. The van der Waals surface area contributed by atoms with Gasteiger partial charge >= 0.3 is 0 Å². The van der Waals surface area contributed by atoms with Crippen LogP contribution in [0.2, 0.25) is 0 Å². The quantitative estimate of drug-likeness (QED) is 0.926. The summed E-state index contributed by atoms with van der Waals surface area (Å²) in [6.45, 7) is 5.98. The molecule has 0 bridgehead atoms. The Bertz CT molecular complexity index is 467. The molecule has 2 unspecified atom stereocenters. The Labute approximate surface area is 125 Å². The lowest BCUT2D eigenvalue weighted by atomic mass is 10.1. The second-order valence-corrected chi connectivity index (χ2v) is 5.95. The van der Waals surface area contributed by atoms with Crippen molar-refractivity contribution in [1.29, 1.82) is 0 Å². The molecule has 0 spiro atoms. The van der Waals surface area contributed by atoms with E-state index < -0.39 is 11.6 Å². The molecular weight excluding hydrogens is 272 g/mol. The lowest BCUT2D eigenvalue weighted by Gasteiger charge is -2.32. The average Bonchev–Trinajstić information content (AvgIpc) is 2.63. The molecule has 2 atom stereocenters. The molecule has 0 aromatic heterocycles. The van der Waals surface area contributed by atoms with E-state index in [1.54, 1.807) is 6.07 Å². The largest absolute Gasteiger partial charge is 0.323 e. The Morgan fingerprint density at radius 2 is 2.05 bits per heavy atom. The van der Waals surface area contributed by atoms with Crippen molar-refractivity contribution >= 4 is 0 Å². The second kappa shape index (κ2) is 7.29. The van der Waals surface area contributed by atoms with Crippen LogP contribution in [0.3, 0.4) is 0 Å². The first-order valence-corrected chi connectivity index (χ1v) is 7.64. The summed E-state index contributed by atoms with van der Waals surface area (Å²) in [4.78, 5) is 4.73. The fourth-order valence-corrected chi connectivity index (χ4v) is 3.02. The Hall–Kier alpha value is -1.04. The van der Waals surface area contributed by atoms with Gasteiger partial charge in [-0.15, -0.1) is 0 Å². The summed E-state index contributed by atoms with van der Waals surface area (Å²) in [5.41, 5.74) is 6.86. The third-order valence-corrected chi connectivity index (χ3v) is 4.30. The zero-order valence-electron chi connectivity index (χ0n) is 12.9. The molecule has 118 valence electrons. The zero-order chi connectivity index (χ0) is 15.4. The molecule has 2 N–H and O–H groups in total. The van der Waals surface area contributed by atoms with Gasteiger partial charge in [0.05, 0.1) is 0 Å². The number of halogens is 2. The maximum Gasteiger partial charge on any atom is 0.159 e. The first-order valence-electron chi connectivity index (χ1n) is 7.64. The molecule has 1 aromatic rings. The first-order chi connectivity index (χ1) is 10.0. The molecule has 1 aliphatic rings. The summed E-state index contributed by atoms with van der Waals surface area (Å²) in [5, 5.41) is 0. The van der Waals surface area contributed by atoms with Gasteiger partial charge < -0.3 is 10.6 Å². The topological polar surface area (TPSA) is 32.5 Å². The van der Waals surface area contributed by atoms with E-state index in [-0.39, 0.29) is 6.04 Å². The van der Waals surface area contributed by atoms with E-state index >= 15 is 0 Å². The normalized spacial score (nSPS) is 23.0. The minimum absolute atomic E-state index is 0.294. The molecule has 0 amide bonds. The van der Waals surface area contributed by atoms with Gasteiger partial charge in [-0.2, -0.15) is 0 Å². The average molecular weight is 297 g/mol. The Kier molecular flexibility index (Phi) is 5.67. The van der Waals surface area contributed by atoms with E-state index in [1.807, 2.05) is 0 Å². The molecule has 2 rings (SSSR count). The second-order valence-electron chi connectivity index (χ2n) is 5.95. The zero-order valence-corrected chi connectivity index (χ0v) is 12.9. The molecule has 0 radical (unpaired) electrons. The number of nitrogens with two attached hydrogens (primary N) is 1. The van der Waals surface area contributed by atoms with Crippen LogP contribution in [0.15, 0.2) is 18.2 Å². The lowest BCUT2D eigenvalue weighted by Crippen LogP contribution is -2.43. The highest BCUT2D eigenvalue weighted by Gasteiger charge is 2.24. The minimum atomic E-state index is -0.828. The Morgan fingerprint density at radius 1 is 1.29 bits per heavy atom. The summed E-state index contributed by atoms with van der Waals surface area (Å²) >= 11 is 0. The smallest absolute Gasteiger partial charge is 0.159 e. The van der Waals surface area contributed by atoms with Crippen molar-refractivity contribution in [2.75, 3.05) is 33.2 Å². The van der Waals surface area contributed by atoms with Gasteiger partial charge in [0.25, 0.3) is 0 Å².